The van der Waals surface area contributed by atoms with Crippen LogP contribution in [-0.2, 0) is 7.05 Å². The zero-order chi connectivity index (χ0) is 27.8. The molecule has 1 aliphatic rings. The van der Waals surface area contributed by atoms with Gasteiger partial charge >= 0.3 is 0 Å². The van der Waals surface area contributed by atoms with Crippen LogP contribution in [0.25, 0.3) is 46.1 Å². The van der Waals surface area contributed by atoms with Gasteiger partial charge in [0.25, 0.3) is 0 Å². The highest BCUT2D eigenvalue weighted by molar-refractivity contribution is 6.14. The molecule has 1 fully saturated rings. The Bertz CT molecular complexity index is 1760. The van der Waals surface area contributed by atoms with E-state index in [-0.39, 0.29) is 0 Å². The summed E-state index contributed by atoms with van der Waals surface area (Å²) in [6.07, 6.45) is 14.5. The van der Waals surface area contributed by atoms with Crippen LogP contribution in [0.15, 0.2) is 72.8 Å². The Balaban J connectivity index is 1.56. The summed E-state index contributed by atoms with van der Waals surface area (Å²) in [5.74, 6) is 1.21. The van der Waals surface area contributed by atoms with Crippen LogP contribution in [0.4, 0.5) is 0 Å². The van der Waals surface area contributed by atoms with E-state index in [0.717, 1.165) is 6.42 Å². The Hall–Kier alpha value is -3.84. The van der Waals surface area contributed by atoms with Crippen LogP contribution in [0.1, 0.15) is 95.9 Å². The lowest BCUT2D eigenvalue weighted by Crippen LogP contribution is -2.10. The van der Waals surface area contributed by atoms with Gasteiger partial charge < -0.3 is 4.57 Å². The molecule has 1 atom stereocenters. The molecule has 0 amide bonds. The molecule has 0 radical (unpaired) electrons. The maximum absolute atomic E-state index is 2.47. The third-order valence-corrected chi connectivity index (χ3v) is 9.38. The van der Waals surface area contributed by atoms with Gasteiger partial charge in [-0.3, -0.25) is 0 Å². The van der Waals surface area contributed by atoms with Gasteiger partial charge in [-0.1, -0.05) is 117 Å². The average Bonchev–Trinajstić information content (AvgIpc) is 3.23. The van der Waals surface area contributed by atoms with E-state index in [9.17, 15) is 0 Å². The first-order valence-electron chi connectivity index (χ1n) is 15.0. The molecule has 1 aliphatic carbocycles. The Morgan fingerprint density at radius 3 is 2.05 bits per heavy atom. The first-order chi connectivity index (χ1) is 19.5. The van der Waals surface area contributed by atoms with E-state index in [1.165, 1.54) is 85.6 Å². The lowest BCUT2D eigenvalue weighted by molar-refractivity contribution is 0.419. The Morgan fingerprint density at radius 1 is 0.725 bits per heavy atom. The van der Waals surface area contributed by atoms with Crippen molar-refractivity contribution in [2.45, 2.75) is 65.2 Å². The molecule has 1 heteroatoms. The summed E-state index contributed by atoms with van der Waals surface area (Å²) in [7, 11) is 2.27. The number of hydrogen-bond acceptors (Lipinski definition) is 0. The van der Waals surface area contributed by atoms with Gasteiger partial charge in [-0.05, 0) is 78.3 Å². The third-order valence-electron chi connectivity index (χ3n) is 9.38. The van der Waals surface area contributed by atoms with Crippen molar-refractivity contribution in [3.63, 3.8) is 0 Å². The van der Waals surface area contributed by atoms with Gasteiger partial charge in [0.2, 0.25) is 0 Å². The highest BCUT2D eigenvalue weighted by Crippen LogP contribution is 2.43. The van der Waals surface area contributed by atoms with Crippen LogP contribution < -0.4 is 0 Å². The van der Waals surface area contributed by atoms with E-state index in [1.807, 2.05) is 0 Å². The van der Waals surface area contributed by atoms with Crippen molar-refractivity contribution in [2.24, 2.45) is 7.05 Å². The number of aromatic nitrogens is 1. The summed E-state index contributed by atoms with van der Waals surface area (Å²) in [5, 5.41) is 2.68. The molecule has 1 saturated carbocycles. The molecule has 0 N–H and O–H groups in total. The number of rotatable bonds is 7. The van der Waals surface area contributed by atoms with Crippen molar-refractivity contribution in [1.82, 2.24) is 4.57 Å². The lowest BCUT2D eigenvalue weighted by atomic mass is 9.77. The molecule has 0 spiro atoms. The van der Waals surface area contributed by atoms with Crippen molar-refractivity contribution < 1.29 is 0 Å². The van der Waals surface area contributed by atoms with Crippen molar-refractivity contribution in [2.75, 3.05) is 0 Å². The normalized spacial score (nSPS) is 15.0. The smallest absolute Gasteiger partial charge is 0.0565 e. The number of hydrogen-bond donors (Lipinski definition) is 0. The molecule has 0 saturated heterocycles. The van der Waals surface area contributed by atoms with E-state index < -0.39 is 0 Å². The van der Waals surface area contributed by atoms with Crippen LogP contribution in [-0.4, -0.2) is 4.57 Å². The first-order valence-corrected chi connectivity index (χ1v) is 15.0. The predicted molar refractivity (Wildman–Crippen MR) is 176 cm³/mol. The fourth-order valence-electron chi connectivity index (χ4n) is 6.51. The molecule has 1 nitrogen and oxygen atoms in total. The van der Waals surface area contributed by atoms with E-state index in [4.69, 9.17) is 0 Å². The number of aryl methyl sites for hydroxylation is 3. The molecule has 1 unspecified atom stereocenters. The maximum atomic E-state index is 2.47. The number of fused-ring (bicyclic) bond motifs is 3. The summed E-state index contributed by atoms with van der Waals surface area (Å²) < 4.78 is 2.47. The Kier molecular flexibility index (Phi) is 7.24. The summed E-state index contributed by atoms with van der Waals surface area (Å²) >= 11 is 0. The fraction of sp³-hybridized carbons (Fsp3) is 0.282. The van der Waals surface area contributed by atoms with Gasteiger partial charge in [0.05, 0.1) is 11.0 Å². The zero-order valence-corrected chi connectivity index (χ0v) is 24.7. The number of benzene rings is 4. The predicted octanol–water partition coefficient (Wildman–Crippen LogP) is 11.1. The monoisotopic (exact) mass is 523 g/mol. The topological polar surface area (TPSA) is 4.93 Å². The minimum atomic E-state index is 0.544. The van der Waals surface area contributed by atoms with Crippen molar-refractivity contribution in [3.05, 3.63) is 117 Å². The lowest BCUT2D eigenvalue weighted by Gasteiger charge is -2.28. The summed E-state index contributed by atoms with van der Waals surface area (Å²) in [4.78, 5) is 0. The van der Waals surface area contributed by atoms with Gasteiger partial charge in [-0.15, -0.1) is 0 Å². The maximum Gasteiger partial charge on any atom is 0.0565 e. The second-order valence-corrected chi connectivity index (χ2v) is 11.8. The highest BCUT2D eigenvalue weighted by atomic mass is 14.9. The molecule has 0 aliphatic heterocycles. The van der Waals surface area contributed by atoms with E-state index >= 15 is 0 Å². The average molecular weight is 524 g/mol. The molecule has 0 bridgehead atoms. The molecular weight excluding hydrogens is 482 g/mol. The molecule has 6 rings (SSSR count). The molecule has 40 heavy (non-hydrogen) atoms. The molecule has 1 heterocycles. The second kappa shape index (κ2) is 11.0. The quantitative estimate of drug-likeness (QED) is 0.187. The summed E-state index contributed by atoms with van der Waals surface area (Å²) in [5.41, 5.74) is 13.5. The third kappa shape index (κ3) is 4.62. The highest BCUT2D eigenvalue weighted by Gasteiger charge is 2.24. The van der Waals surface area contributed by atoms with E-state index in [2.05, 4.69) is 136 Å². The van der Waals surface area contributed by atoms with Gasteiger partial charge in [0.1, 0.15) is 0 Å². The van der Waals surface area contributed by atoms with E-state index in [1.54, 1.807) is 0 Å². The van der Waals surface area contributed by atoms with Gasteiger partial charge in [0, 0.05) is 28.9 Å². The van der Waals surface area contributed by atoms with Crippen LogP contribution in [0, 0.1) is 13.8 Å². The minimum absolute atomic E-state index is 0.544. The van der Waals surface area contributed by atoms with Gasteiger partial charge in [-0.2, -0.15) is 0 Å². The fourth-order valence-corrected chi connectivity index (χ4v) is 6.51. The minimum Gasteiger partial charge on any atom is -0.343 e. The molecule has 4 aromatic carbocycles. The molecular formula is C39H41N. The summed E-state index contributed by atoms with van der Waals surface area (Å²) in [6.45, 7) is 9.05. The Morgan fingerprint density at radius 2 is 1.35 bits per heavy atom. The van der Waals surface area contributed by atoms with Crippen molar-refractivity contribution in [1.29, 1.82) is 0 Å². The second-order valence-electron chi connectivity index (χ2n) is 11.8. The summed E-state index contributed by atoms with van der Waals surface area (Å²) in [6, 6.07) is 27.0. The van der Waals surface area contributed by atoms with Crippen LogP contribution in [0.5, 0.6) is 0 Å². The van der Waals surface area contributed by atoms with E-state index in [0.29, 0.717) is 11.8 Å². The zero-order valence-electron chi connectivity index (χ0n) is 24.7. The largest absolute Gasteiger partial charge is 0.343 e. The van der Waals surface area contributed by atoms with Gasteiger partial charge in [0.15, 0.2) is 0 Å². The van der Waals surface area contributed by atoms with Crippen LogP contribution in [0.2, 0.25) is 0 Å². The first kappa shape index (κ1) is 26.4. The van der Waals surface area contributed by atoms with Crippen molar-refractivity contribution >= 4 is 46.1 Å². The van der Waals surface area contributed by atoms with Crippen LogP contribution in [0.3, 0.4) is 0 Å². The Labute approximate surface area is 239 Å². The molecule has 1 aromatic heterocycles. The SMILES string of the molecule is CCC(C)c1ccccc1/C=C\c1c(C)ccc2c3ccc(C4CCC4)c(/C=C\c4ccccc4C)c3n(C)c12. The van der Waals surface area contributed by atoms with Crippen LogP contribution >= 0.6 is 0 Å². The molecule has 5 aromatic rings. The van der Waals surface area contributed by atoms with Gasteiger partial charge in [-0.25, -0.2) is 0 Å². The standard InChI is InChI=1S/C39H41N/c1-6-26(2)32-17-10-9-14-31(32)20-22-33-28(4)18-21-36-37-25-24-34(30-15-11-16-30)35(39(37)40(5)38(33)36)23-19-29-13-8-7-12-27(29)3/h7-10,12-14,17-26,30H,6,11,15-16H2,1-5H3/b22-20-,23-19-. The molecule has 202 valence electrons. The number of nitrogens with zero attached hydrogens (tertiary/aromatic N) is 1. The van der Waals surface area contributed by atoms with Crippen molar-refractivity contribution in [3.8, 4) is 0 Å².